The van der Waals surface area contributed by atoms with Crippen molar-refractivity contribution in [3.8, 4) is 0 Å². The van der Waals surface area contributed by atoms with E-state index < -0.39 is 11.8 Å². The van der Waals surface area contributed by atoms with Crippen LogP contribution in [0, 0.1) is 5.82 Å². The highest BCUT2D eigenvalue weighted by atomic mass is 35.5. The lowest BCUT2D eigenvalue weighted by Gasteiger charge is -2.31. The van der Waals surface area contributed by atoms with Gasteiger partial charge < -0.3 is 25.8 Å². The van der Waals surface area contributed by atoms with Crippen LogP contribution in [-0.2, 0) is 19.5 Å². The van der Waals surface area contributed by atoms with Crippen molar-refractivity contribution in [2.45, 2.75) is 25.9 Å². The molecule has 0 spiro atoms. The van der Waals surface area contributed by atoms with Gasteiger partial charge in [0.05, 0.1) is 18.8 Å². The van der Waals surface area contributed by atoms with E-state index >= 15 is 0 Å². The Bertz CT molecular complexity index is 1030. The van der Waals surface area contributed by atoms with Crippen molar-refractivity contribution >= 4 is 35.5 Å². The van der Waals surface area contributed by atoms with E-state index in [0.717, 1.165) is 30.6 Å². The molecule has 0 saturated heterocycles. The minimum Gasteiger partial charge on any atom is -0.364 e. The van der Waals surface area contributed by atoms with Gasteiger partial charge in [-0.25, -0.2) is 9.18 Å². The van der Waals surface area contributed by atoms with E-state index in [4.69, 9.17) is 10.3 Å². The minimum absolute atomic E-state index is 0. The Morgan fingerprint density at radius 3 is 2.70 bits per heavy atom. The van der Waals surface area contributed by atoms with E-state index in [0.29, 0.717) is 23.9 Å². The average molecular weight is 433 g/mol. The maximum Gasteiger partial charge on any atom is 0.323 e. The van der Waals surface area contributed by atoms with Gasteiger partial charge >= 0.3 is 6.03 Å². The van der Waals surface area contributed by atoms with Gasteiger partial charge in [0, 0.05) is 17.9 Å². The molecule has 4 N–H and O–H groups in total. The van der Waals surface area contributed by atoms with Crippen LogP contribution in [0.15, 0.2) is 47.0 Å². The zero-order valence-corrected chi connectivity index (χ0v) is 16.9. The fourth-order valence-corrected chi connectivity index (χ4v) is 3.43. The van der Waals surface area contributed by atoms with Crippen LogP contribution in [0.1, 0.15) is 23.7 Å². The van der Waals surface area contributed by atoms with E-state index in [2.05, 4.69) is 25.7 Å². The van der Waals surface area contributed by atoms with Crippen LogP contribution >= 0.6 is 12.4 Å². The Morgan fingerprint density at radius 2 is 1.93 bits per heavy atom. The molecule has 0 atom stereocenters. The van der Waals surface area contributed by atoms with E-state index in [1.807, 2.05) is 18.2 Å². The molecular weight excluding hydrogens is 411 g/mol. The van der Waals surface area contributed by atoms with E-state index in [1.165, 1.54) is 12.1 Å². The summed E-state index contributed by atoms with van der Waals surface area (Å²) in [5.41, 5.74) is 8.36. The number of urea groups is 1. The first-order valence-corrected chi connectivity index (χ1v) is 9.35. The zero-order chi connectivity index (χ0) is 20.2. The molecule has 1 aromatic heterocycles. The molecular formula is C20H22ClFN6O2. The van der Waals surface area contributed by atoms with Crippen molar-refractivity contribution in [1.82, 2.24) is 10.1 Å². The molecule has 0 fully saturated rings. The Hall–Kier alpha value is -3.17. The first kappa shape index (κ1) is 21.5. The Labute approximate surface area is 179 Å². The number of anilines is 3. The second kappa shape index (κ2) is 9.55. The third kappa shape index (κ3) is 4.69. The Balaban J connectivity index is 0.00000256. The molecule has 2 amide bonds. The first-order valence-electron chi connectivity index (χ1n) is 9.35. The molecule has 0 saturated carbocycles. The summed E-state index contributed by atoms with van der Waals surface area (Å²) in [5, 5.41) is 9.33. The van der Waals surface area contributed by atoms with Crippen molar-refractivity contribution in [3.05, 3.63) is 65.6 Å². The predicted octanol–water partition coefficient (Wildman–Crippen LogP) is 3.69. The van der Waals surface area contributed by atoms with Gasteiger partial charge in [0.15, 0.2) is 5.82 Å². The maximum atomic E-state index is 13.8. The summed E-state index contributed by atoms with van der Waals surface area (Å²) in [5.74, 6) is 0.479. The molecule has 0 radical (unpaired) electrons. The van der Waals surface area contributed by atoms with Gasteiger partial charge in [0.2, 0.25) is 5.89 Å². The van der Waals surface area contributed by atoms with Crippen molar-refractivity contribution in [3.63, 3.8) is 0 Å². The fourth-order valence-electron chi connectivity index (χ4n) is 3.43. The quantitative estimate of drug-likeness (QED) is 0.567. The topological polar surface area (TPSA) is 109 Å². The number of carbonyl (C=O) groups excluding carboxylic acids is 1. The molecule has 158 valence electrons. The predicted molar refractivity (Wildman–Crippen MR) is 114 cm³/mol. The fraction of sp³-hybridized carbons (Fsp3) is 0.250. The summed E-state index contributed by atoms with van der Waals surface area (Å²) in [4.78, 5) is 18.8. The number of benzene rings is 2. The number of fused-ring (bicyclic) bond motifs is 1. The number of amides is 2. The minimum atomic E-state index is -0.494. The highest BCUT2D eigenvalue weighted by Gasteiger charge is 2.22. The van der Waals surface area contributed by atoms with Crippen molar-refractivity contribution in [1.29, 1.82) is 0 Å². The van der Waals surface area contributed by atoms with Crippen molar-refractivity contribution in [2.24, 2.45) is 5.73 Å². The molecule has 0 bridgehead atoms. The molecule has 3 aromatic rings. The lowest BCUT2D eigenvalue weighted by atomic mass is 9.99. The molecule has 30 heavy (non-hydrogen) atoms. The third-order valence-electron chi connectivity index (χ3n) is 4.73. The number of halogens is 2. The van der Waals surface area contributed by atoms with Gasteiger partial charge in [0.25, 0.3) is 0 Å². The Kier molecular flexibility index (Phi) is 6.86. The van der Waals surface area contributed by atoms with Crippen LogP contribution in [-0.4, -0.2) is 22.7 Å². The van der Waals surface area contributed by atoms with Gasteiger partial charge in [-0.05, 0) is 42.7 Å². The highest BCUT2D eigenvalue weighted by molar-refractivity contribution is 6.00. The van der Waals surface area contributed by atoms with Crippen LogP contribution in [0.5, 0.6) is 0 Å². The standard InChI is InChI=1S/C20H21FN6O2.ClH/c21-14-6-1-2-7-16(14)24-20(28)23-15-8-3-9-17-13(15)5-4-10-27(17)12-18-25-19(11-22)29-26-18;/h1-3,6-9H,4-5,10-12,22H2,(H2,23,24,28);1H. The third-order valence-corrected chi connectivity index (χ3v) is 4.73. The number of nitrogens with two attached hydrogens (primary N) is 1. The SMILES string of the molecule is Cl.NCc1nc(CN2CCCc3c(NC(=O)Nc4ccccc4F)cccc32)no1. The van der Waals surface area contributed by atoms with Gasteiger partial charge in [-0.15, -0.1) is 12.4 Å². The number of rotatable bonds is 5. The summed E-state index contributed by atoms with van der Waals surface area (Å²) >= 11 is 0. The van der Waals surface area contributed by atoms with Crippen LogP contribution in [0.3, 0.4) is 0 Å². The molecule has 1 aliphatic rings. The average Bonchev–Trinajstić information content (AvgIpc) is 3.18. The maximum absolute atomic E-state index is 13.8. The summed E-state index contributed by atoms with van der Waals surface area (Å²) < 4.78 is 18.8. The lowest BCUT2D eigenvalue weighted by Crippen LogP contribution is -2.30. The van der Waals surface area contributed by atoms with Crippen molar-refractivity contribution in [2.75, 3.05) is 22.1 Å². The van der Waals surface area contributed by atoms with Gasteiger partial charge in [-0.1, -0.05) is 23.4 Å². The molecule has 2 aromatic carbocycles. The summed E-state index contributed by atoms with van der Waals surface area (Å²) in [6.07, 6.45) is 1.74. The number of para-hydroxylation sites is 1. The number of aromatic nitrogens is 2. The second-order valence-corrected chi connectivity index (χ2v) is 6.70. The summed E-state index contributed by atoms with van der Waals surface area (Å²) in [7, 11) is 0. The molecule has 0 aliphatic carbocycles. The lowest BCUT2D eigenvalue weighted by molar-refractivity contribution is 0.262. The molecule has 1 aliphatic heterocycles. The van der Waals surface area contributed by atoms with E-state index in [9.17, 15) is 9.18 Å². The van der Waals surface area contributed by atoms with Crippen LogP contribution < -0.4 is 21.3 Å². The van der Waals surface area contributed by atoms with E-state index in [-0.39, 0.29) is 24.6 Å². The van der Waals surface area contributed by atoms with E-state index in [1.54, 1.807) is 12.1 Å². The number of nitrogens with zero attached hydrogens (tertiary/aromatic N) is 3. The van der Waals surface area contributed by atoms with Gasteiger partial charge in [-0.3, -0.25) is 0 Å². The summed E-state index contributed by atoms with van der Waals surface area (Å²) in [6, 6.07) is 11.3. The van der Waals surface area contributed by atoms with Gasteiger partial charge in [0.1, 0.15) is 5.82 Å². The number of hydrogen-bond acceptors (Lipinski definition) is 6. The van der Waals surface area contributed by atoms with Gasteiger partial charge in [-0.2, -0.15) is 4.98 Å². The molecule has 8 nitrogen and oxygen atoms in total. The zero-order valence-electron chi connectivity index (χ0n) is 16.1. The number of carbonyl (C=O) groups is 1. The molecule has 2 heterocycles. The Morgan fingerprint density at radius 1 is 1.17 bits per heavy atom. The molecule has 0 unspecified atom stereocenters. The highest BCUT2D eigenvalue weighted by Crippen LogP contribution is 2.33. The molecule has 10 heteroatoms. The first-order chi connectivity index (χ1) is 14.1. The van der Waals surface area contributed by atoms with Crippen LogP contribution in [0.25, 0.3) is 0 Å². The van der Waals surface area contributed by atoms with Crippen molar-refractivity contribution < 1.29 is 13.7 Å². The monoisotopic (exact) mass is 432 g/mol. The summed E-state index contributed by atoms with van der Waals surface area (Å²) in [6.45, 7) is 1.53. The normalized spacial score (nSPS) is 12.7. The largest absolute Gasteiger partial charge is 0.364 e. The second-order valence-electron chi connectivity index (χ2n) is 6.70. The molecule has 4 rings (SSSR count). The van der Waals surface area contributed by atoms with Crippen LogP contribution in [0.2, 0.25) is 0 Å². The number of nitrogens with one attached hydrogen (secondary N) is 2. The van der Waals surface area contributed by atoms with Crippen LogP contribution in [0.4, 0.5) is 26.2 Å². The smallest absolute Gasteiger partial charge is 0.323 e. The number of hydrogen-bond donors (Lipinski definition) is 3.